The van der Waals surface area contributed by atoms with E-state index in [0.29, 0.717) is 12.1 Å². The van der Waals surface area contributed by atoms with Gasteiger partial charge in [-0.25, -0.2) is 0 Å². The Bertz CT molecular complexity index is 284. The van der Waals surface area contributed by atoms with Gasteiger partial charge in [0.25, 0.3) is 0 Å². The molecule has 1 saturated heterocycles. The molecule has 1 heterocycles. The summed E-state index contributed by atoms with van der Waals surface area (Å²) in [6, 6.07) is 3.41. The molecule has 0 amide bonds. The van der Waals surface area contributed by atoms with Gasteiger partial charge in [-0.1, -0.05) is 0 Å². The first-order valence-electron chi connectivity index (χ1n) is 6.14. The predicted octanol–water partition coefficient (Wildman–Crippen LogP) is 0.741. The molecule has 2 fully saturated rings. The van der Waals surface area contributed by atoms with E-state index in [0.717, 1.165) is 26.3 Å². The minimum absolute atomic E-state index is 0.410. The lowest BCUT2D eigenvalue weighted by Gasteiger charge is -2.38. The van der Waals surface area contributed by atoms with Gasteiger partial charge in [0, 0.05) is 25.2 Å². The Morgan fingerprint density at radius 2 is 2.31 bits per heavy atom. The average molecular weight is 223 g/mol. The number of morpholine rings is 1. The molecule has 0 radical (unpaired) electrons. The molecule has 0 spiro atoms. The fraction of sp³-hybridized carbons (Fsp3) is 0.917. The Morgan fingerprint density at radius 1 is 1.56 bits per heavy atom. The lowest BCUT2D eigenvalue weighted by atomic mass is 10.0. The Labute approximate surface area is 97.6 Å². The van der Waals surface area contributed by atoms with E-state index < -0.39 is 5.54 Å². The fourth-order valence-electron chi connectivity index (χ4n) is 2.19. The summed E-state index contributed by atoms with van der Waals surface area (Å²) in [5, 5.41) is 12.7. The van der Waals surface area contributed by atoms with Crippen molar-refractivity contribution < 1.29 is 4.74 Å². The van der Waals surface area contributed by atoms with Crippen molar-refractivity contribution in [3.63, 3.8) is 0 Å². The van der Waals surface area contributed by atoms with Crippen LogP contribution in [0.2, 0.25) is 0 Å². The third-order valence-corrected chi connectivity index (χ3v) is 3.37. The first kappa shape index (κ1) is 11.8. The highest BCUT2D eigenvalue weighted by Crippen LogP contribution is 2.23. The van der Waals surface area contributed by atoms with E-state index in [1.165, 1.54) is 12.8 Å². The number of nitrogens with zero attached hydrogens (tertiary/aromatic N) is 2. The number of hydrogen-bond donors (Lipinski definition) is 1. The molecule has 90 valence electrons. The summed E-state index contributed by atoms with van der Waals surface area (Å²) in [6.45, 7) is 7.47. The molecule has 16 heavy (non-hydrogen) atoms. The Kier molecular flexibility index (Phi) is 3.48. The van der Waals surface area contributed by atoms with Crippen LogP contribution in [0.25, 0.3) is 0 Å². The zero-order chi connectivity index (χ0) is 11.6. The van der Waals surface area contributed by atoms with Crippen molar-refractivity contribution in [2.45, 2.75) is 44.3 Å². The predicted molar refractivity (Wildman–Crippen MR) is 62.0 cm³/mol. The van der Waals surface area contributed by atoms with E-state index >= 15 is 0 Å². The van der Waals surface area contributed by atoms with Gasteiger partial charge in [0.05, 0.1) is 19.3 Å². The van der Waals surface area contributed by atoms with Crippen LogP contribution in [0, 0.1) is 11.3 Å². The third-order valence-electron chi connectivity index (χ3n) is 3.37. The fourth-order valence-corrected chi connectivity index (χ4v) is 2.19. The Morgan fingerprint density at radius 3 is 2.88 bits per heavy atom. The molecule has 4 nitrogen and oxygen atoms in total. The molecule has 1 N–H and O–H groups in total. The van der Waals surface area contributed by atoms with Crippen molar-refractivity contribution in [2.24, 2.45) is 0 Å². The highest BCUT2D eigenvalue weighted by molar-refractivity contribution is 5.09. The van der Waals surface area contributed by atoms with Gasteiger partial charge in [-0.05, 0) is 26.7 Å². The molecular weight excluding hydrogens is 202 g/mol. The average Bonchev–Trinajstić information content (AvgIpc) is 3.05. The zero-order valence-electron chi connectivity index (χ0n) is 10.2. The maximum Gasteiger partial charge on any atom is 0.116 e. The smallest absolute Gasteiger partial charge is 0.116 e. The van der Waals surface area contributed by atoms with Gasteiger partial charge in [-0.3, -0.25) is 10.2 Å². The van der Waals surface area contributed by atoms with Crippen LogP contribution >= 0.6 is 0 Å². The van der Waals surface area contributed by atoms with Crippen LogP contribution in [0.15, 0.2) is 0 Å². The lowest BCUT2D eigenvalue weighted by Crippen LogP contribution is -2.56. The van der Waals surface area contributed by atoms with E-state index in [4.69, 9.17) is 4.74 Å². The summed E-state index contributed by atoms with van der Waals surface area (Å²) in [5.74, 6) is 0. The van der Waals surface area contributed by atoms with Crippen molar-refractivity contribution >= 4 is 0 Å². The Balaban J connectivity index is 1.91. The summed E-state index contributed by atoms with van der Waals surface area (Å²) in [6.07, 6.45) is 2.44. The monoisotopic (exact) mass is 223 g/mol. The van der Waals surface area contributed by atoms with Crippen molar-refractivity contribution in [1.29, 1.82) is 5.26 Å². The second-order valence-corrected chi connectivity index (χ2v) is 5.26. The maximum absolute atomic E-state index is 9.31. The van der Waals surface area contributed by atoms with Crippen LogP contribution in [-0.2, 0) is 4.74 Å². The Hall–Kier alpha value is -0.630. The second-order valence-electron chi connectivity index (χ2n) is 5.26. The van der Waals surface area contributed by atoms with Gasteiger partial charge in [0.15, 0.2) is 0 Å². The highest BCUT2D eigenvalue weighted by atomic mass is 16.5. The van der Waals surface area contributed by atoms with Gasteiger partial charge >= 0.3 is 0 Å². The van der Waals surface area contributed by atoms with Crippen molar-refractivity contribution in [2.75, 3.05) is 26.3 Å². The second kappa shape index (κ2) is 4.70. The van der Waals surface area contributed by atoms with Crippen LogP contribution in [-0.4, -0.2) is 48.8 Å². The van der Waals surface area contributed by atoms with Crippen molar-refractivity contribution in [3.05, 3.63) is 0 Å². The summed E-state index contributed by atoms with van der Waals surface area (Å²) in [4.78, 5) is 2.35. The highest BCUT2D eigenvalue weighted by Gasteiger charge is 2.35. The van der Waals surface area contributed by atoms with Crippen molar-refractivity contribution in [1.82, 2.24) is 10.2 Å². The zero-order valence-corrected chi connectivity index (χ0v) is 10.2. The molecule has 2 unspecified atom stereocenters. The largest absolute Gasteiger partial charge is 0.379 e. The molecule has 0 aromatic heterocycles. The van der Waals surface area contributed by atoms with Gasteiger partial charge in [0.2, 0.25) is 0 Å². The van der Waals surface area contributed by atoms with E-state index in [2.05, 4.69) is 23.2 Å². The summed E-state index contributed by atoms with van der Waals surface area (Å²) in [7, 11) is 0. The molecular formula is C12H21N3O. The minimum atomic E-state index is -0.410. The van der Waals surface area contributed by atoms with Crippen LogP contribution in [0.1, 0.15) is 26.7 Å². The number of ether oxygens (including phenoxy) is 1. The quantitative estimate of drug-likeness (QED) is 0.763. The number of rotatable bonds is 4. The van der Waals surface area contributed by atoms with Crippen LogP contribution in [0.3, 0.4) is 0 Å². The number of nitriles is 1. The minimum Gasteiger partial charge on any atom is -0.379 e. The summed E-state index contributed by atoms with van der Waals surface area (Å²) < 4.78 is 5.41. The molecule has 1 aliphatic heterocycles. The molecule has 1 saturated carbocycles. The summed E-state index contributed by atoms with van der Waals surface area (Å²) in [5.41, 5.74) is -0.410. The maximum atomic E-state index is 9.31. The van der Waals surface area contributed by atoms with Gasteiger partial charge in [-0.2, -0.15) is 5.26 Å². The SMILES string of the molecule is CC1COCCN1CC(C)(C#N)NC1CC1. The lowest BCUT2D eigenvalue weighted by molar-refractivity contribution is -0.00778. The molecule has 2 aliphatic rings. The molecule has 2 rings (SSSR count). The molecule has 0 bridgehead atoms. The summed E-state index contributed by atoms with van der Waals surface area (Å²) >= 11 is 0. The van der Waals surface area contributed by atoms with Crippen molar-refractivity contribution in [3.8, 4) is 6.07 Å². The molecule has 4 heteroatoms. The first-order chi connectivity index (χ1) is 7.63. The third kappa shape index (κ3) is 2.94. The van der Waals surface area contributed by atoms with Crippen LogP contribution < -0.4 is 5.32 Å². The van der Waals surface area contributed by atoms with Gasteiger partial charge in [0.1, 0.15) is 5.54 Å². The number of hydrogen-bond acceptors (Lipinski definition) is 4. The van der Waals surface area contributed by atoms with E-state index in [1.54, 1.807) is 0 Å². The molecule has 0 aromatic carbocycles. The standard InChI is InChI=1S/C12H21N3O/c1-10-7-16-6-5-15(10)9-12(2,8-13)14-11-3-4-11/h10-11,14H,3-7,9H2,1-2H3. The van der Waals surface area contributed by atoms with Crippen LogP contribution in [0.5, 0.6) is 0 Å². The normalized spacial score (nSPS) is 30.7. The molecule has 2 atom stereocenters. The van der Waals surface area contributed by atoms with E-state index in [9.17, 15) is 5.26 Å². The molecule has 1 aliphatic carbocycles. The topological polar surface area (TPSA) is 48.3 Å². The van der Waals surface area contributed by atoms with Gasteiger partial charge in [-0.15, -0.1) is 0 Å². The first-order valence-corrected chi connectivity index (χ1v) is 6.14. The number of nitrogens with one attached hydrogen (secondary N) is 1. The van der Waals surface area contributed by atoms with E-state index in [1.807, 2.05) is 6.92 Å². The van der Waals surface area contributed by atoms with E-state index in [-0.39, 0.29) is 0 Å². The van der Waals surface area contributed by atoms with Gasteiger partial charge < -0.3 is 4.74 Å². The molecule has 0 aromatic rings. The van der Waals surface area contributed by atoms with Crippen LogP contribution in [0.4, 0.5) is 0 Å².